The summed E-state index contributed by atoms with van der Waals surface area (Å²) in [6.45, 7) is 2.99. The Bertz CT molecular complexity index is 1210. The standard InChI is InChI=1S/C22H19F4N3O4/c1-12(13(2)30)27-20(31)18-11-19(14-6-8-17(9-7-14)33-22(24,25)26)28-29(21(18)32)16-5-3-4-15(23)10-16/h3-13,30H,1-2H3,(H,27,31)/t12-,13-/m1/s1. The molecule has 0 saturated carbocycles. The summed E-state index contributed by atoms with van der Waals surface area (Å²) in [4.78, 5) is 25.7. The summed E-state index contributed by atoms with van der Waals surface area (Å²) in [5, 5.41) is 16.3. The van der Waals surface area contributed by atoms with Gasteiger partial charge in [0.25, 0.3) is 11.5 Å². The van der Waals surface area contributed by atoms with E-state index in [0.717, 1.165) is 28.9 Å². The lowest BCUT2D eigenvalue weighted by atomic mass is 10.1. The molecule has 0 fully saturated rings. The Hall–Kier alpha value is -3.73. The topological polar surface area (TPSA) is 93.4 Å². The van der Waals surface area contributed by atoms with Gasteiger partial charge in [0.1, 0.15) is 17.1 Å². The Morgan fingerprint density at radius 2 is 1.79 bits per heavy atom. The van der Waals surface area contributed by atoms with E-state index in [-0.39, 0.29) is 22.5 Å². The molecular weight excluding hydrogens is 446 g/mol. The quantitative estimate of drug-likeness (QED) is 0.544. The normalized spacial score (nSPS) is 13.3. The molecule has 0 spiro atoms. The molecule has 0 radical (unpaired) electrons. The molecule has 0 aliphatic rings. The van der Waals surface area contributed by atoms with E-state index in [9.17, 15) is 32.3 Å². The summed E-state index contributed by atoms with van der Waals surface area (Å²) in [5.41, 5.74) is -0.833. The Kier molecular flexibility index (Phi) is 6.82. The zero-order valence-electron chi connectivity index (χ0n) is 17.4. The Balaban J connectivity index is 2.11. The van der Waals surface area contributed by atoms with Crippen molar-refractivity contribution in [2.45, 2.75) is 32.4 Å². The molecule has 3 rings (SSSR count). The van der Waals surface area contributed by atoms with Gasteiger partial charge in [-0.2, -0.15) is 9.78 Å². The molecule has 1 heterocycles. The van der Waals surface area contributed by atoms with Crippen LogP contribution >= 0.6 is 0 Å². The van der Waals surface area contributed by atoms with E-state index in [0.29, 0.717) is 0 Å². The van der Waals surface area contributed by atoms with E-state index in [1.807, 2.05) is 0 Å². The number of aliphatic hydroxyl groups excluding tert-OH is 1. The number of amides is 1. The molecule has 3 aromatic rings. The van der Waals surface area contributed by atoms with Crippen molar-refractivity contribution in [2.24, 2.45) is 0 Å². The molecule has 0 unspecified atom stereocenters. The minimum absolute atomic E-state index is 0.0384. The van der Waals surface area contributed by atoms with Crippen LogP contribution in [0.5, 0.6) is 5.75 Å². The summed E-state index contributed by atoms with van der Waals surface area (Å²) >= 11 is 0. The van der Waals surface area contributed by atoms with Crippen molar-refractivity contribution in [3.8, 4) is 22.7 Å². The van der Waals surface area contributed by atoms with Gasteiger partial charge in [0.05, 0.1) is 23.5 Å². The van der Waals surface area contributed by atoms with E-state index in [1.54, 1.807) is 0 Å². The van der Waals surface area contributed by atoms with Gasteiger partial charge >= 0.3 is 6.36 Å². The largest absolute Gasteiger partial charge is 0.573 e. The first-order valence-corrected chi connectivity index (χ1v) is 9.70. The number of ether oxygens (including phenoxy) is 1. The third-order valence-electron chi connectivity index (χ3n) is 4.67. The number of aliphatic hydroxyl groups is 1. The average Bonchev–Trinajstić information content (AvgIpc) is 2.73. The van der Waals surface area contributed by atoms with E-state index >= 15 is 0 Å². The van der Waals surface area contributed by atoms with Gasteiger partial charge in [0.2, 0.25) is 0 Å². The second-order valence-electron chi connectivity index (χ2n) is 7.22. The van der Waals surface area contributed by atoms with Crippen LogP contribution in [0.3, 0.4) is 0 Å². The molecule has 1 amide bonds. The fraction of sp³-hybridized carbons (Fsp3) is 0.227. The number of benzene rings is 2. The van der Waals surface area contributed by atoms with Crippen LogP contribution in [0, 0.1) is 5.82 Å². The molecule has 7 nitrogen and oxygen atoms in total. The number of carbonyl (C=O) groups is 1. The van der Waals surface area contributed by atoms with Crippen molar-refractivity contribution in [1.82, 2.24) is 15.1 Å². The Labute approximate surface area is 185 Å². The first kappa shape index (κ1) is 23.9. The van der Waals surface area contributed by atoms with Crippen LogP contribution in [0.1, 0.15) is 24.2 Å². The summed E-state index contributed by atoms with van der Waals surface area (Å²) in [7, 11) is 0. The van der Waals surface area contributed by atoms with Crippen molar-refractivity contribution in [1.29, 1.82) is 0 Å². The molecular formula is C22H19F4N3O4. The second-order valence-corrected chi connectivity index (χ2v) is 7.22. The van der Waals surface area contributed by atoms with E-state index < -0.39 is 41.5 Å². The highest BCUT2D eigenvalue weighted by Crippen LogP contribution is 2.26. The van der Waals surface area contributed by atoms with Crippen molar-refractivity contribution in [3.63, 3.8) is 0 Å². The lowest BCUT2D eigenvalue weighted by molar-refractivity contribution is -0.274. The van der Waals surface area contributed by atoms with Crippen molar-refractivity contribution < 1.29 is 32.2 Å². The van der Waals surface area contributed by atoms with Crippen LogP contribution in [-0.4, -0.2) is 39.3 Å². The molecule has 0 saturated heterocycles. The summed E-state index contributed by atoms with van der Waals surface area (Å²) in [5.74, 6) is -1.92. The number of alkyl halides is 3. The number of aromatic nitrogens is 2. The number of hydrogen-bond acceptors (Lipinski definition) is 5. The van der Waals surface area contributed by atoms with E-state index in [4.69, 9.17) is 0 Å². The first-order chi connectivity index (χ1) is 15.4. The Morgan fingerprint density at radius 1 is 1.12 bits per heavy atom. The molecule has 0 aliphatic heterocycles. The van der Waals surface area contributed by atoms with Gasteiger partial charge in [-0.05, 0) is 62.4 Å². The lowest BCUT2D eigenvalue weighted by Gasteiger charge is -2.17. The van der Waals surface area contributed by atoms with E-state index in [1.165, 1.54) is 44.2 Å². The fourth-order valence-electron chi connectivity index (χ4n) is 2.81. The number of hydrogen-bond donors (Lipinski definition) is 2. The van der Waals surface area contributed by atoms with Crippen molar-refractivity contribution in [2.75, 3.05) is 0 Å². The van der Waals surface area contributed by atoms with Crippen molar-refractivity contribution >= 4 is 5.91 Å². The van der Waals surface area contributed by atoms with Gasteiger partial charge in [-0.3, -0.25) is 9.59 Å². The van der Waals surface area contributed by atoms with Gasteiger partial charge in [-0.15, -0.1) is 13.2 Å². The highest BCUT2D eigenvalue weighted by molar-refractivity contribution is 5.95. The summed E-state index contributed by atoms with van der Waals surface area (Å²) < 4.78 is 55.7. The van der Waals surface area contributed by atoms with Crippen LogP contribution in [0.2, 0.25) is 0 Å². The van der Waals surface area contributed by atoms with Crippen LogP contribution in [0.25, 0.3) is 16.9 Å². The summed E-state index contributed by atoms with van der Waals surface area (Å²) in [6.07, 6.45) is -5.77. The van der Waals surface area contributed by atoms with Crippen LogP contribution in [-0.2, 0) is 0 Å². The third kappa shape index (κ3) is 5.95. The van der Waals surface area contributed by atoms with Gasteiger partial charge in [-0.25, -0.2) is 4.39 Å². The monoisotopic (exact) mass is 465 g/mol. The third-order valence-corrected chi connectivity index (χ3v) is 4.67. The fourth-order valence-corrected chi connectivity index (χ4v) is 2.81. The second kappa shape index (κ2) is 9.41. The molecule has 174 valence electrons. The highest BCUT2D eigenvalue weighted by Gasteiger charge is 2.31. The summed E-state index contributed by atoms with van der Waals surface area (Å²) in [6, 6.07) is 10.1. The number of nitrogens with zero attached hydrogens (tertiary/aromatic N) is 2. The number of halogens is 4. The molecule has 2 aromatic carbocycles. The molecule has 2 atom stereocenters. The number of nitrogens with one attached hydrogen (secondary N) is 1. The highest BCUT2D eigenvalue weighted by atomic mass is 19.4. The molecule has 11 heteroatoms. The molecule has 1 aromatic heterocycles. The maximum atomic E-state index is 13.8. The van der Waals surface area contributed by atoms with Gasteiger partial charge in [0, 0.05) is 5.56 Å². The van der Waals surface area contributed by atoms with Gasteiger partial charge in [-0.1, -0.05) is 6.07 Å². The van der Waals surface area contributed by atoms with Crippen molar-refractivity contribution in [3.05, 3.63) is 76.3 Å². The smallest absolute Gasteiger partial charge is 0.406 e. The Morgan fingerprint density at radius 3 is 2.36 bits per heavy atom. The zero-order valence-corrected chi connectivity index (χ0v) is 17.4. The molecule has 0 aliphatic carbocycles. The predicted octanol–water partition coefficient (Wildman–Crippen LogP) is 3.44. The minimum Gasteiger partial charge on any atom is -0.406 e. The van der Waals surface area contributed by atoms with Crippen LogP contribution in [0.15, 0.2) is 59.4 Å². The molecule has 2 N–H and O–H groups in total. The van der Waals surface area contributed by atoms with Crippen LogP contribution < -0.4 is 15.6 Å². The van der Waals surface area contributed by atoms with Crippen LogP contribution in [0.4, 0.5) is 17.6 Å². The lowest BCUT2D eigenvalue weighted by Crippen LogP contribution is -2.42. The van der Waals surface area contributed by atoms with E-state index in [2.05, 4.69) is 15.2 Å². The molecule has 33 heavy (non-hydrogen) atoms. The zero-order chi connectivity index (χ0) is 24.3. The average molecular weight is 465 g/mol. The number of rotatable bonds is 6. The first-order valence-electron chi connectivity index (χ1n) is 9.70. The number of carbonyl (C=O) groups excluding carboxylic acids is 1. The predicted molar refractivity (Wildman–Crippen MR) is 111 cm³/mol. The SMILES string of the molecule is C[C@@H](O)[C@@H](C)NC(=O)c1cc(-c2ccc(OC(F)(F)F)cc2)nn(-c2cccc(F)c2)c1=O. The minimum atomic E-state index is -4.86. The molecule has 0 bridgehead atoms. The van der Waals surface area contributed by atoms with Gasteiger partial charge in [0.15, 0.2) is 0 Å². The maximum Gasteiger partial charge on any atom is 0.573 e. The maximum absolute atomic E-state index is 13.8. The van der Waals surface area contributed by atoms with Gasteiger partial charge < -0.3 is 15.2 Å².